The molecule has 0 saturated heterocycles. The molecule has 0 spiro atoms. The smallest absolute Gasteiger partial charge is 0.226 e. The summed E-state index contributed by atoms with van der Waals surface area (Å²) in [6.45, 7) is 4.06. The molecule has 0 aliphatic rings. The van der Waals surface area contributed by atoms with Gasteiger partial charge in [-0.05, 0) is 32.4 Å². The van der Waals surface area contributed by atoms with E-state index in [4.69, 9.17) is 4.52 Å². The van der Waals surface area contributed by atoms with Crippen LogP contribution in [-0.2, 0) is 6.42 Å². The second-order valence-corrected chi connectivity index (χ2v) is 7.59. The fourth-order valence-electron chi connectivity index (χ4n) is 2.88. The van der Waals surface area contributed by atoms with Gasteiger partial charge in [-0.1, -0.05) is 64.9 Å². The summed E-state index contributed by atoms with van der Waals surface area (Å²) in [5.74, 6) is 3.08. The molecule has 0 unspecified atom stereocenters. The van der Waals surface area contributed by atoms with Crippen LogP contribution in [0.5, 0.6) is 0 Å². The van der Waals surface area contributed by atoms with E-state index in [-0.39, 0.29) is 0 Å². The number of aromatic nitrogens is 5. The number of hydrogen-bond acceptors (Lipinski definition) is 6. The van der Waals surface area contributed by atoms with E-state index in [1.807, 2.05) is 37.3 Å². The van der Waals surface area contributed by atoms with E-state index in [2.05, 4.69) is 56.1 Å². The van der Waals surface area contributed by atoms with Gasteiger partial charge in [0.1, 0.15) is 5.82 Å². The third-order valence-corrected chi connectivity index (χ3v) is 5.37. The van der Waals surface area contributed by atoms with Crippen molar-refractivity contribution in [1.29, 1.82) is 0 Å². The predicted molar refractivity (Wildman–Crippen MR) is 110 cm³/mol. The van der Waals surface area contributed by atoms with Crippen molar-refractivity contribution < 1.29 is 4.52 Å². The number of aryl methyl sites for hydroxylation is 3. The molecule has 0 bridgehead atoms. The Balaban J connectivity index is 1.35. The van der Waals surface area contributed by atoms with Crippen LogP contribution in [0.2, 0.25) is 0 Å². The highest BCUT2D eigenvalue weighted by Gasteiger charge is 2.12. The molecule has 28 heavy (non-hydrogen) atoms. The van der Waals surface area contributed by atoms with Gasteiger partial charge in [0.05, 0.1) is 0 Å². The second kappa shape index (κ2) is 8.39. The highest BCUT2D eigenvalue weighted by molar-refractivity contribution is 7.99. The van der Waals surface area contributed by atoms with Crippen LogP contribution in [0.25, 0.3) is 17.1 Å². The molecule has 0 atom stereocenters. The fourth-order valence-corrected chi connectivity index (χ4v) is 3.81. The van der Waals surface area contributed by atoms with Gasteiger partial charge in [-0.15, -0.1) is 10.2 Å². The van der Waals surface area contributed by atoms with E-state index in [0.29, 0.717) is 11.7 Å². The highest BCUT2D eigenvalue weighted by Crippen LogP contribution is 2.23. The minimum absolute atomic E-state index is 0.637. The standard InChI is InChI=1S/C21H21N5OS/c1-15-10-12-18(13-11-15)26-16(2)23-24-21(26)28-14-6-9-19-22-20(25-27-19)17-7-4-3-5-8-17/h3-5,7-8,10-13H,6,9,14H2,1-2H3. The average molecular weight is 392 g/mol. The van der Waals surface area contributed by atoms with Crippen LogP contribution in [0.1, 0.15) is 23.7 Å². The molecule has 0 fully saturated rings. The molecule has 0 amide bonds. The molecule has 0 aliphatic heterocycles. The molecule has 142 valence electrons. The molecule has 0 saturated carbocycles. The van der Waals surface area contributed by atoms with Crippen LogP contribution < -0.4 is 0 Å². The maximum absolute atomic E-state index is 5.38. The van der Waals surface area contributed by atoms with Gasteiger partial charge in [-0.3, -0.25) is 4.57 Å². The highest BCUT2D eigenvalue weighted by atomic mass is 32.2. The largest absolute Gasteiger partial charge is 0.339 e. The van der Waals surface area contributed by atoms with Gasteiger partial charge in [-0.25, -0.2) is 0 Å². The lowest BCUT2D eigenvalue weighted by molar-refractivity contribution is 0.378. The molecule has 2 aromatic carbocycles. The quantitative estimate of drug-likeness (QED) is 0.337. The molecule has 0 N–H and O–H groups in total. The first-order valence-corrected chi connectivity index (χ1v) is 10.2. The van der Waals surface area contributed by atoms with Crippen molar-refractivity contribution in [3.63, 3.8) is 0 Å². The summed E-state index contributed by atoms with van der Waals surface area (Å²) >= 11 is 1.69. The second-order valence-electron chi connectivity index (χ2n) is 6.53. The zero-order valence-corrected chi connectivity index (χ0v) is 16.7. The maximum Gasteiger partial charge on any atom is 0.226 e. The lowest BCUT2D eigenvalue weighted by atomic mass is 10.2. The topological polar surface area (TPSA) is 69.6 Å². The van der Waals surface area contributed by atoms with Crippen LogP contribution in [0.3, 0.4) is 0 Å². The van der Waals surface area contributed by atoms with Crippen molar-refractivity contribution >= 4 is 11.8 Å². The molecular weight excluding hydrogens is 370 g/mol. The van der Waals surface area contributed by atoms with Crippen LogP contribution in [0.4, 0.5) is 0 Å². The molecule has 4 aromatic rings. The number of thioether (sulfide) groups is 1. The Labute approximate surface area is 168 Å². The first kappa shape index (κ1) is 18.4. The summed E-state index contributed by atoms with van der Waals surface area (Å²) in [6, 6.07) is 18.3. The van der Waals surface area contributed by atoms with Crippen molar-refractivity contribution in [3.05, 3.63) is 71.9 Å². The van der Waals surface area contributed by atoms with Gasteiger partial charge in [0.2, 0.25) is 11.7 Å². The Hall–Kier alpha value is -2.93. The summed E-state index contributed by atoms with van der Waals surface area (Å²) in [4.78, 5) is 4.48. The number of nitrogens with zero attached hydrogens (tertiary/aromatic N) is 5. The summed E-state index contributed by atoms with van der Waals surface area (Å²) in [5, 5.41) is 13.5. The van der Waals surface area contributed by atoms with E-state index >= 15 is 0 Å². The van der Waals surface area contributed by atoms with Crippen LogP contribution >= 0.6 is 11.8 Å². The SMILES string of the molecule is Cc1ccc(-n2c(C)nnc2SCCCc2nc(-c3ccccc3)no2)cc1. The van der Waals surface area contributed by atoms with Gasteiger partial charge >= 0.3 is 0 Å². The number of hydrogen-bond donors (Lipinski definition) is 0. The predicted octanol–water partition coefficient (Wildman–Crippen LogP) is 4.66. The Bertz CT molecular complexity index is 1040. The summed E-state index contributed by atoms with van der Waals surface area (Å²) < 4.78 is 7.46. The monoisotopic (exact) mass is 391 g/mol. The molecule has 4 rings (SSSR count). The zero-order valence-electron chi connectivity index (χ0n) is 15.9. The maximum atomic E-state index is 5.38. The Morgan fingerprint density at radius 2 is 1.75 bits per heavy atom. The minimum atomic E-state index is 0.637. The van der Waals surface area contributed by atoms with E-state index < -0.39 is 0 Å². The van der Waals surface area contributed by atoms with E-state index in [9.17, 15) is 0 Å². The molecule has 2 aromatic heterocycles. The van der Waals surface area contributed by atoms with Gasteiger partial charge in [0.25, 0.3) is 0 Å². The fraction of sp³-hybridized carbons (Fsp3) is 0.238. The van der Waals surface area contributed by atoms with Crippen molar-refractivity contribution in [2.24, 2.45) is 0 Å². The van der Waals surface area contributed by atoms with Crippen molar-refractivity contribution in [2.45, 2.75) is 31.8 Å². The normalized spacial score (nSPS) is 11.1. The lowest BCUT2D eigenvalue weighted by Gasteiger charge is -2.08. The van der Waals surface area contributed by atoms with Crippen molar-refractivity contribution in [3.8, 4) is 17.1 Å². The lowest BCUT2D eigenvalue weighted by Crippen LogP contribution is -1.99. The van der Waals surface area contributed by atoms with E-state index in [0.717, 1.165) is 40.8 Å². The molecule has 0 aliphatic carbocycles. The summed E-state index contributed by atoms with van der Waals surface area (Å²) in [6.07, 6.45) is 1.66. The third-order valence-electron chi connectivity index (χ3n) is 4.35. The molecule has 6 nitrogen and oxygen atoms in total. The van der Waals surface area contributed by atoms with E-state index in [1.54, 1.807) is 11.8 Å². The Morgan fingerprint density at radius 3 is 2.54 bits per heavy atom. The molecule has 0 radical (unpaired) electrons. The van der Waals surface area contributed by atoms with Gasteiger partial charge in [0.15, 0.2) is 5.16 Å². The van der Waals surface area contributed by atoms with Crippen molar-refractivity contribution in [1.82, 2.24) is 24.9 Å². The molecule has 7 heteroatoms. The Morgan fingerprint density at radius 1 is 0.964 bits per heavy atom. The van der Waals surface area contributed by atoms with Crippen LogP contribution in [0, 0.1) is 13.8 Å². The number of rotatable bonds is 7. The average Bonchev–Trinajstić information content (AvgIpc) is 3.34. The zero-order chi connectivity index (χ0) is 19.3. The van der Waals surface area contributed by atoms with Crippen LogP contribution in [-0.4, -0.2) is 30.7 Å². The van der Waals surface area contributed by atoms with Gasteiger partial charge in [-0.2, -0.15) is 4.98 Å². The summed E-state index contributed by atoms with van der Waals surface area (Å²) in [5.41, 5.74) is 3.28. The molecular formula is C21H21N5OS. The summed E-state index contributed by atoms with van der Waals surface area (Å²) in [7, 11) is 0. The first-order valence-electron chi connectivity index (χ1n) is 9.20. The van der Waals surface area contributed by atoms with Gasteiger partial charge < -0.3 is 4.52 Å². The Kier molecular flexibility index (Phi) is 5.53. The third kappa shape index (κ3) is 4.14. The van der Waals surface area contributed by atoms with E-state index in [1.165, 1.54) is 5.56 Å². The van der Waals surface area contributed by atoms with Crippen LogP contribution in [0.15, 0.2) is 64.3 Å². The van der Waals surface area contributed by atoms with Crippen molar-refractivity contribution in [2.75, 3.05) is 5.75 Å². The minimum Gasteiger partial charge on any atom is -0.339 e. The number of benzene rings is 2. The van der Waals surface area contributed by atoms with Gasteiger partial charge in [0, 0.05) is 23.4 Å². The first-order chi connectivity index (χ1) is 13.7. The molecule has 2 heterocycles.